The van der Waals surface area contributed by atoms with E-state index >= 15 is 0 Å². The molecule has 0 amide bonds. The number of nitrogens with zero attached hydrogens (tertiary/aromatic N) is 4. The SMILES string of the molecule is CC1CNCc2nnc(-c3cccc(Cl)n3)n21. The van der Waals surface area contributed by atoms with Crippen LogP contribution in [-0.2, 0) is 6.54 Å². The van der Waals surface area contributed by atoms with Crippen molar-refractivity contribution in [1.82, 2.24) is 25.1 Å². The Balaban J connectivity index is 2.13. The molecule has 88 valence electrons. The van der Waals surface area contributed by atoms with Gasteiger partial charge < -0.3 is 9.88 Å². The Hall–Kier alpha value is -1.46. The highest BCUT2D eigenvalue weighted by Gasteiger charge is 2.22. The Morgan fingerprint density at radius 2 is 2.29 bits per heavy atom. The molecule has 1 N–H and O–H groups in total. The van der Waals surface area contributed by atoms with E-state index in [1.54, 1.807) is 6.07 Å². The molecule has 5 nitrogen and oxygen atoms in total. The third kappa shape index (κ3) is 1.81. The molecule has 0 saturated heterocycles. The van der Waals surface area contributed by atoms with Gasteiger partial charge in [0.05, 0.1) is 6.54 Å². The van der Waals surface area contributed by atoms with Crippen molar-refractivity contribution in [2.75, 3.05) is 6.54 Å². The summed E-state index contributed by atoms with van der Waals surface area (Å²) in [5.74, 6) is 1.73. The highest BCUT2D eigenvalue weighted by Crippen LogP contribution is 2.23. The van der Waals surface area contributed by atoms with E-state index in [-0.39, 0.29) is 0 Å². The summed E-state index contributed by atoms with van der Waals surface area (Å²) in [6.45, 7) is 3.80. The van der Waals surface area contributed by atoms with Gasteiger partial charge in [0.1, 0.15) is 16.7 Å². The molecule has 1 aliphatic rings. The summed E-state index contributed by atoms with van der Waals surface area (Å²) in [4.78, 5) is 4.28. The quantitative estimate of drug-likeness (QED) is 0.781. The highest BCUT2D eigenvalue weighted by molar-refractivity contribution is 6.29. The van der Waals surface area contributed by atoms with Crippen LogP contribution in [-0.4, -0.2) is 26.3 Å². The van der Waals surface area contributed by atoms with Gasteiger partial charge in [-0.1, -0.05) is 17.7 Å². The van der Waals surface area contributed by atoms with Crippen LogP contribution in [0.2, 0.25) is 5.15 Å². The Bertz CT molecular complexity index is 551. The van der Waals surface area contributed by atoms with E-state index in [1.165, 1.54) is 0 Å². The first-order valence-corrected chi connectivity index (χ1v) is 5.91. The fraction of sp³-hybridized carbons (Fsp3) is 0.364. The van der Waals surface area contributed by atoms with E-state index in [1.807, 2.05) is 12.1 Å². The van der Waals surface area contributed by atoms with Crippen molar-refractivity contribution in [1.29, 1.82) is 0 Å². The molecule has 0 aromatic carbocycles. The fourth-order valence-corrected chi connectivity index (χ4v) is 2.26. The minimum absolute atomic E-state index is 0.324. The first kappa shape index (κ1) is 10.7. The molecule has 6 heteroatoms. The lowest BCUT2D eigenvalue weighted by atomic mass is 10.2. The van der Waals surface area contributed by atoms with Crippen LogP contribution in [0, 0.1) is 0 Å². The first-order chi connectivity index (χ1) is 8.25. The van der Waals surface area contributed by atoms with Crippen LogP contribution in [0.3, 0.4) is 0 Å². The van der Waals surface area contributed by atoms with Gasteiger partial charge in [0.2, 0.25) is 0 Å². The molecule has 17 heavy (non-hydrogen) atoms. The molecular weight excluding hydrogens is 238 g/mol. The maximum absolute atomic E-state index is 5.90. The summed E-state index contributed by atoms with van der Waals surface area (Å²) in [5, 5.41) is 12.2. The number of nitrogens with one attached hydrogen (secondary N) is 1. The van der Waals surface area contributed by atoms with Crippen LogP contribution in [0.4, 0.5) is 0 Å². The molecule has 1 unspecified atom stereocenters. The lowest BCUT2D eigenvalue weighted by Crippen LogP contribution is -2.32. The second-order valence-electron chi connectivity index (χ2n) is 4.14. The molecule has 2 aromatic heterocycles. The largest absolute Gasteiger partial charge is 0.308 e. The molecule has 0 fully saturated rings. The number of hydrogen-bond acceptors (Lipinski definition) is 4. The molecule has 0 bridgehead atoms. The van der Waals surface area contributed by atoms with E-state index in [4.69, 9.17) is 11.6 Å². The van der Waals surface area contributed by atoms with E-state index in [0.29, 0.717) is 11.2 Å². The molecule has 3 heterocycles. The molecule has 1 aliphatic heterocycles. The summed E-state index contributed by atoms with van der Waals surface area (Å²) < 4.78 is 2.12. The van der Waals surface area contributed by atoms with E-state index in [0.717, 1.165) is 30.4 Å². The molecular formula is C11H12ClN5. The van der Waals surface area contributed by atoms with Crippen LogP contribution < -0.4 is 5.32 Å². The van der Waals surface area contributed by atoms with Crippen molar-refractivity contribution in [3.63, 3.8) is 0 Å². The number of rotatable bonds is 1. The van der Waals surface area contributed by atoms with E-state index in [2.05, 4.69) is 32.0 Å². The monoisotopic (exact) mass is 249 g/mol. The molecule has 3 rings (SSSR count). The summed E-state index contributed by atoms with van der Waals surface area (Å²) >= 11 is 5.90. The van der Waals surface area contributed by atoms with Gasteiger partial charge in [-0.15, -0.1) is 10.2 Å². The topological polar surface area (TPSA) is 55.6 Å². The Labute approximate surface area is 104 Å². The molecule has 2 aromatic rings. The molecule has 0 radical (unpaired) electrons. The van der Waals surface area contributed by atoms with Crippen LogP contribution in [0.25, 0.3) is 11.5 Å². The number of halogens is 1. The van der Waals surface area contributed by atoms with Crippen molar-refractivity contribution in [2.45, 2.75) is 19.5 Å². The molecule has 0 aliphatic carbocycles. The number of aromatic nitrogens is 4. The van der Waals surface area contributed by atoms with Crippen molar-refractivity contribution < 1.29 is 0 Å². The fourth-order valence-electron chi connectivity index (χ4n) is 2.10. The van der Waals surface area contributed by atoms with Crippen LogP contribution in [0.1, 0.15) is 18.8 Å². The molecule has 0 spiro atoms. The van der Waals surface area contributed by atoms with Gasteiger partial charge in [0.25, 0.3) is 0 Å². The predicted molar refractivity (Wildman–Crippen MR) is 64.7 cm³/mol. The average Bonchev–Trinajstić information content (AvgIpc) is 2.74. The third-order valence-electron chi connectivity index (χ3n) is 2.87. The number of hydrogen-bond donors (Lipinski definition) is 1. The summed E-state index contributed by atoms with van der Waals surface area (Å²) in [7, 11) is 0. The van der Waals surface area contributed by atoms with Gasteiger partial charge in [0, 0.05) is 12.6 Å². The van der Waals surface area contributed by atoms with Gasteiger partial charge in [0.15, 0.2) is 5.82 Å². The van der Waals surface area contributed by atoms with Gasteiger partial charge >= 0.3 is 0 Å². The summed E-state index contributed by atoms with van der Waals surface area (Å²) in [6.07, 6.45) is 0. The second kappa shape index (κ2) is 4.09. The minimum atomic E-state index is 0.324. The maximum Gasteiger partial charge on any atom is 0.183 e. The Morgan fingerprint density at radius 1 is 1.41 bits per heavy atom. The summed E-state index contributed by atoms with van der Waals surface area (Å²) in [5.41, 5.74) is 0.769. The van der Waals surface area contributed by atoms with Crippen molar-refractivity contribution in [3.05, 3.63) is 29.2 Å². The van der Waals surface area contributed by atoms with Gasteiger partial charge in [-0.2, -0.15) is 0 Å². The summed E-state index contributed by atoms with van der Waals surface area (Å²) in [6, 6.07) is 5.85. The number of fused-ring (bicyclic) bond motifs is 1. The Kier molecular flexibility index (Phi) is 2.57. The normalized spacial score (nSPS) is 19.1. The van der Waals surface area contributed by atoms with Gasteiger partial charge in [-0.25, -0.2) is 4.98 Å². The zero-order valence-electron chi connectivity index (χ0n) is 9.39. The molecule has 1 atom stereocenters. The van der Waals surface area contributed by atoms with Crippen molar-refractivity contribution >= 4 is 11.6 Å². The first-order valence-electron chi connectivity index (χ1n) is 5.53. The lowest BCUT2D eigenvalue weighted by molar-refractivity contribution is 0.424. The van der Waals surface area contributed by atoms with Crippen LogP contribution in [0.5, 0.6) is 0 Å². The predicted octanol–water partition coefficient (Wildman–Crippen LogP) is 1.66. The van der Waals surface area contributed by atoms with Crippen LogP contribution >= 0.6 is 11.6 Å². The van der Waals surface area contributed by atoms with Crippen molar-refractivity contribution in [3.8, 4) is 11.5 Å². The van der Waals surface area contributed by atoms with Crippen molar-refractivity contribution in [2.24, 2.45) is 0 Å². The lowest BCUT2D eigenvalue weighted by Gasteiger charge is -2.23. The zero-order chi connectivity index (χ0) is 11.8. The zero-order valence-corrected chi connectivity index (χ0v) is 10.1. The van der Waals surface area contributed by atoms with Crippen LogP contribution in [0.15, 0.2) is 18.2 Å². The number of pyridine rings is 1. The Morgan fingerprint density at radius 3 is 3.12 bits per heavy atom. The minimum Gasteiger partial charge on any atom is -0.308 e. The maximum atomic E-state index is 5.90. The molecule has 0 saturated carbocycles. The van der Waals surface area contributed by atoms with Gasteiger partial charge in [-0.3, -0.25) is 0 Å². The van der Waals surface area contributed by atoms with E-state index < -0.39 is 0 Å². The highest BCUT2D eigenvalue weighted by atomic mass is 35.5. The smallest absolute Gasteiger partial charge is 0.183 e. The van der Waals surface area contributed by atoms with E-state index in [9.17, 15) is 0 Å². The standard InChI is InChI=1S/C11H12ClN5/c1-7-5-13-6-10-15-16-11(17(7)10)8-3-2-4-9(12)14-8/h2-4,7,13H,5-6H2,1H3. The second-order valence-corrected chi connectivity index (χ2v) is 4.52. The third-order valence-corrected chi connectivity index (χ3v) is 3.08. The van der Waals surface area contributed by atoms with Gasteiger partial charge in [-0.05, 0) is 19.1 Å². The average molecular weight is 250 g/mol.